The lowest BCUT2D eigenvalue weighted by molar-refractivity contribution is -0.135. The van der Waals surface area contributed by atoms with Gasteiger partial charge in [0.2, 0.25) is 5.91 Å². The largest absolute Gasteiger partial charge is 0.478 e. The Hall–Kier alpha value is -3.40. The Labute approximate surface area is 170 Å². The molecule has 1 amide bonds. The summed E-state index contributed by atoms with van der Waals surface area (Å²) in [4.78, 5) is 26.7. The van der Waals surface area contributed by atoms with Crippen LogP contribution in [0.15, 0.2) is 84.9 Å². The Morgan fingerprint density at radius 2 is 1.28 bits per heavy atom. The maximum Gasteiger partial charge on any atom is 0.335 e. The highest BCUT2D eigenvalue weighted by Gasteiger charge is 2.52. The van der Waals surface area contributed by atoms with Gasteiger partial charge < -0.3 is 10.0 Å². The van der Waals surface area contributed by atoms with E-state index in [1.54, 1.807) is 24.3 Å². The summed E-state index contributed by atoms with van der Waals surface area (Å²) in [6.07, 6.45) is 1.72. The van der Waals surface area contributed by atoms with Crippen LogP contribution in [0.3, 0.4) is 0 Å². The van der Waals surface area contributed by atoms with Gasteiger partial charge in [-0.1, -0.05) is 72.8 Å². The summed E-state index contributed by atoms with van der Waals surface area (Å²) in [5.41, 5.74) is 2.88. The van der Waals surface area contributed by atoms with Crippen molar-refractivity contribution in [3.05, 3.63) is 107 Å². The zero-order valence-corrected chi connectivity index (χ0v) is 16.1. The summed E-state index contributed by atoms with van der Waals surface area (Å²) in [5, 5.41) is 9.12. The van der Waals surface area contributed by atoms with E-state index in [0.29, 0.717) is 13.1 Å². The number of carboxylic acid groups (broad SMARTS) is 1. The fraction of sp³-hybridized carbons (Fsp3) is 0.200. The second-order valence-corrected chi connectivity index (χ2v) is 7.60. The fourth-order valence-electron chi connectivity index (χ4n) is 3.79. The van der Waals surface area contributed by atoms with Crippen molar-refractivity contribution in [2.75, 3.05) is 0 Å². The van der Waals surface area contributed by atoms with Gasteiger partial charge in [0.15, 0.2) is 0 Å². The molecule has 3 aromatic carbocycles. The molecule has 0 atom stereocenters. The van der Waals surface area contributed by atoms with Crippen LogP contribution in [0.5, 0.6) is 0 Å². The molecule has 29 heavy (non-hydrogen) atoms. The molecule has 1 aliphatic rings. The van der Waals surface area contributed by atoms with Gasteiger partial charge in [-0.2, -0.15) is 0 Å². The molecular weight excluding hydrogens is 362 g/mol. The van der Waals surface area contributed by atoms with Crippen molar-refractivity contribution in [1.82, 2.24) is 4.90 Å². The molecule has 0 aliphatic heterocycles. The van der Waals surface area contributed by atoms with Crippen LogP contribution in [-0.2, 0) is 23.3 Å². The molecule has 1 N–H and O–H groups in total. The van der Waals surface area contributed by atoms with Crippen LogP contribution < -0.4 is 0 Å². The van der Waals surface area contributed by atoms with Crippen LogP contribution in [-0.4, -0.2) is 21.9 Å². The Morgan fingerprint density at radius 3 is 1.79 bits per heavy atom. The molecule has 0 spiro atoms. The fourth-order valence-corrected chi connectivity index (χ4v) is 3.79. The first-order chi connectivity index (χ1) is 14.1. The lowest BCUT2D eigenvalue weighted by Gasteiger charge is -2.28. The number of carboxylic acids is 1. The third kappa shape index (κ3) is 4.06. The summed E-state index contributed by atoms with van der Waals surface area (Å²) in [6, 6.07) is 26.7. The predicted octanol–water partition coefficient (Wildman–Crippen LogP) is 4.65. The van der Waals surface area contributed by atoms with Gasteiger partial charge in [0.05, 0.1) is 11.0 Å². The van der Waals surface area contributed by atoms with Gasteiger partial charge in [-0.05, 0) is 41.7 Å². The topological polar surface area (TPSA) is 57.6 Å². The SMILES string of the molecule is O=C(O)c1ccc(CN(Cc2ccccc2)C(=O)C2(c3ccccc3)CC2)cc1. The Bertz CT molecular complexity index is 993. The van der Waals surface area contributed by atoms with Gasteiger partial charge in [-0.15, -0.1) is 0 Å². The van der Waals surface area contributed by atoms with Crippen molar-refractivity contribution in [3.8, 4) is 0 Å². The van der Waals surface area contributed by atoms with E-state index < -0.39 is 11.4 Å². The molecule has 3 aromatic rings. The summed E-state index contributed by atoms with van der Waals surface area (Å²) in [7, 11) is 0. The van der Waals surface area contributed by atoms with Crippen LogP contribution in [0.4, 0.5) is 0 Å². The van der Waals surface area contributed by atoms with Crippen molar-refractivity contribution in [2.45, 2.75) is 31.3 Å². The van der Waals surface area contributed by atoms with Crippen LogP contribution in [0.25, 0.3) is 0 Å². The lowest BCUT2D eigenvalue weighted by Crippen LogP contribution is -2.38. The predicted molar refractivity (Wildman–Crippen MR) is 111 cm³/mol. The number of amides is 1. The normalized spacial score (nSPS) is 14.2. The highest BCUT2D eigenvalue weighted by molar-refractivity contribution is 5.91. The molecule has 0 aromatic heterocycles. The van der Waals surface area contributed by atoms with Crippen LogP contribution >= 0.6 is 0 Å². The number of carbonyl (C=O) groups is 2. The first kappa shape index (κ1) is 18.9. The monoisotopic (exact) mass is 385 g/mol. The summed E-state index contributed by atoms with van der Waals surface area (Å²) in [6.45, 7) is 0.969. The molecule has 0 bridgehead atoms. The van der Waals surface area contributed by atoms with E-state index in [1.165, 1.54) is 0 Å². The van der Waals surface area contributed by atoms with Crippen LogP contribution in [0.2, 0.25) is 0 Å². The van der Waals surface area contributed by atoms with Gasteiger partial charge in [-0.25, -0.2) is 4.79 Å². The van der Waals surface area contributed by atoms with E-state index in [0.717, 1.165) is 29.5 Å². The zero-order valence-electron chi connectivity index (χ0n) is 16.1. The number of hydrogen-bond acceptors (Lipinski definition) is 2. The molecule has 4 nitrogen and oxygen atoms in total. The number of rotatable bonds is 7. The Kier molecular flexibility index (Phi) is 5.17. The minimum absolute atomic E-state index is 0.134. The first-order valence-electron chi connectivity index (χ1n) is 9.79. The van der Waals surface area contributed by atoms with E-state index in [-0.39, 0.29) is 11.5 Å². The molecule has 0 radical (unpaired) electrons. The van der Waals surface area contributed by atoms with Gasteiger partial charge in [0, 0.05) is 13.1 Å². The third-order valence-electron chi connectivity index (χ3n) is 5.56. The maximum atomic E-state index is 13.6. The van der Waals surface area contributed by atoms with Crippen molar-refractivity contribution >= 4 is 11.9 Å². The minimum Gasteiger partial charge on any atom is -0.478 e. The molecule has 4 rings (SSSR count). The highest BCUT2D eigenvalue weighted by Crippen LogP contribution is 2.49. The molecule has 1 saturated carbocycles. The molecule has 0 saturated heterocycles. The number of nitrogens with zero attached hydrogens (tertiary/aromatic N) is 1. The lowest BCUT2D eigenvalue weighted by atomic mass is 9.94. The summed E-state index contributed by atoms with van der Waals surface area (Å²) >= 11 is 0. The third-order valence-corrected chi connectivity index (χ3v) is 5.56. The molecule has 1 fully saturated rings. The second-order valence-electron chi connectivity index (χ2n) is 7.60. The molecule has 146 valence electrons. The van der Waals surface area contributed by atoms with E-state index in [1.807, 2.05) is 65.6 Å². The average molecular weight is 385 g/mol. The van der Waals surface area contributed by atoms with Gasteiger partial charge in [0.25, 0.3) is 0 Å². The Morgan fingerprint density at radius 1 is 0.759 bits per heavy atom. The van der Waals surface area contributed by atoms with E-state index in [9.17, 15) is 9.59 Å². The standard InChI is InChI=1S/C25H23NO3/c27-23(28)21-13-11-20(12-14-21)18-26(17-19-7-3-1-4-8-19)24(29)25(15-16-25)22-9-5-2-6-10-22/h1-14H,15-18H2,(H,27,28). The van der Waals surface area contributed by atoms with Gasteiger partial charge in [0.1, 0.15) is 0 Å². The second kappa shape index (κ2) is 7.92. The molecule has 0 heterocycles. The van der Waals surface area contributed by atoms with Crippen molar-refractivity contribution in [1.29, 1.82) is 0 Å². The average Bonchev–Trinajstić information content (AvgIpc) is 3.57. The quantitative estimate of drug-likeness (QED) is 0.644. The highest BCUT2D eigenvalue weighted by atomic mass is 16.4. The Balaban J connectivity index is 1.61. The van der Waals surface area contributed by atoms with Gasteiger partial charge >= 0.3 is 5.97 Å². The number of benzene rings is 3. The number of aromatic carboxylic acids is 1. The van der Waals surface area contributed by atoms with E-state index >= 15 is 0 Å². The molecule has 0 unspecified atom stereocenters. The smallest absolute Gasteiger partial charge is 0.335 e. The van der Waals surface area contributed by atoms with Crippen LogP contribution in [0.1, 0.15) is 39.9 Å². The molecule has 4 heteroatoms. The van der Waals surface area contributed by atoms with Crippen LogP contribution in [0, 0.1) is 0 Å². The van der Waals surface area contributed by atoms with Crippen molar-refractivity contribution in [2.24, 2.45) is 0 Å². The number of carbonyl (C=O) groups excluding carboxylic acids is 1. The minimum atomic E-state index is -0.949. The molecular formula is C25H23NO3. The van der Waals surface area contributed by atoms with Crippen molar-refractivity contribution in [3.63, 3.8) is 0 Å². The van der Waals surface area contributed by atoms with Gasteiger partial charge in [-0.3, -0.25) is 4.79 Å². The zero-order chi connectivity index (χ0) is 20.3. The van der Waals surface area contributed by atoms with Crippen molar-refractivity contribution < 1.29 is 14.7 Å². The number of hydrogen-bond donors (Lipinski definition) is 1. The summed E-state index contributed by atoms with van der Waals surface area (Å²) < 4.78 is 0. The van der Waals surface area contributed by atoms with E-state index in [4.69, 9.17) is 5.11 Å². The maximum absolute atomic E-state index is 13.6. The first-order valence-corrected chi connectivity index (χ1v) is 9.79. The molecule has 1 aliphatic carbocycles. The summed E-state index contributed by atoms with van der Waals surface area (Å²) in [5.74, 6) is -0.815. The van der Waals surface area contributed by atoms with E-state index in [2.05, 4.69) is 0 Å².